The van der Waals surface area contributed by atoms with Gasteiger partial charge in [0, 0.05) is 18.8 Å². The Labute approximate surface area is 219 Å². The van der Waals surface area contributed by atoms with E-state index in [2.05, 4.69) is 5.32 Å². The average Bonchev–Trinajstić information content (AvgIpc) is 2.93. The van der Waals surface area contributed by atoms with Crippen molar-refractivity contribution in [3.8, 4) is 0 Å². The second-order valence-corrected chi connectivity index (χ2v) is 12.7. The molecule has 1 heterocycles. The molecule has 1 aliphatic heterocycles. The van der Waals surface area contributed by atoms with Gasteiger partial charge in [0.05, 0.1) is 15.5 Å². The Morgan fingerprint density at radius 2 is 1.43 bits per heavy atom. The summed E-state index contributed by atoms with van der Waals surface area (Å²) in [5.74, 6) is -0.550. The molecule has 1 N–H and O–H groups in total. The molecule has 1 amide bonds. The number of aryl methyl sites for hydroxylation is 1. The van der Waals surface area contributed by atoms with Gasteiger partial charge in [0.1, 0.15) is 6.54 Å². The Hall–Kier alpha value is -3.21. The minimum Gasteiger partial charge on any atom is -0.325 e. The van der Waals surface area contributed by atoms with Crippen molar-refractivity contribution in [2.45, 2.75) is 42.4 Å². The van der Waals surface area contributed by atoms with E-state index in [1.165, 1.54) is 40.7 Å². The van der Waals surface area contributed by atoms with Crippen molar-refractivity contribution in [3.05, 3.63) is 84.4 Å². The molecule has 196 valence electrons. The maximum atomic E-state index is 13.5. The molecule has 0 atom stereocenters. The third kappa shape index (κ3) is 6.20. The van der Waals surface area contributed by atoms with Crippen LogP contribution in [-0.4, -0.2) is 46.7 Å². The molecule has 10 heteroatoms. The van der Waals surface area contributed by atoms with Crippen LogP contribution in [0.3, 0.4) is 0 Å². The number of hydrogen-bond acceptors (Lipinski definition) is 5. The van der Waals surface area contributed by atoms with Crippen LogP contribution in [0.5, 0.6) is 0 Å². The molecule has 0 aromatic heterocycles. The zero-order chi connectivity index (χ0) is 26.5. The van der Waals surface area contributed by atoms with Crippen LogP contribution in [0.4, 0.5) is 11.4 Å². The first-order valence-electron chi connectivity index (χ1n) is 12.3. The van der Waals surface area contributed by atoms with Gasteiger partial charge in [-0.1, -0.05) is 43.7 Å². The number of sulfonamides is 2. The van der Waals surface area contributed by atoms with Crippen LogP contribution in [0, 0.1) is 0 Å². The first-order chi connectivity index (χ1) is 17.7. The summed E-state index contributed by atoms with van der Waals surface area (Å²) in [5, 5.41) is 2.69. The molecule has 8 nitrogen and oxygen atoms in total. The van der Waals surface area contributed by atoms with Crippen molar-refractivity contribution in [1.82, 2.24) is 4.31 Å². The van der Waals surface area contributed by atoms with Crippen LogP contribution < -0.4 is 9.62 Å². The zero-order valence-corrected chi connectivity index (χ0v) is 22.3. The number of nitrogens with one attached hydrogen (secondary N) is 1. The molecule has 1 fully saturated rings. The largest absolute Gasteiger partial charge is 0.325 e. The third-order valence-electron chi connectivity index (χ3n) is 6.34. The summed E-state index contributed by atoms with van der Waals surface area (Å²) >= 11 is 0. The smallest absolute Gasteiger partial charge is 0.264 e. The van der Waals surface area contributed by atoms with Crippen molar-refractivity contribution in [2.75, 3.05) is 29.3 Å². The van der Waals surface area contributed by atoms with Crippen molar-refractivity contribution in [3.63, 3.8) is 0 Å². The number of piperidine rings is 1. The van der Waals surface area contributed by atoms with E-state index in [4.69, 9.17) is 0 Å². The topological polar surface area (TPSA) is 104 Å². The molecule has 0 bridgehead atoms. The molecule has 3 aromatic rings. The van der Waals surface area contributed by atoms with Gasteiger partial charge in [0.2, 0.25) is 15.9 Å². The second-order valence-electron chi connectivity index (χ2n) is 8.88. The minimum atomic E-state index is -4.01. The summed E-state index contributed by atoms with van der Waals surface area (Å²) in [6, 6.07) is 21.0. The lowest BCUT2D eigenvalue weighted by atomic mass is 10.1. The first-order valence-corrected chi connectivity index (χ1v) is 15.2. The molecule has 1 saturated heterocycles. The minimum absolute atomic E-state index is 0.0784. The Balaban J connectivity index is 1.53. The number of hydrogen-bond donors (Lipinski definition) is 1. The van der Waals surface area contributed by atoms with Crippen LogP contribution >= 0.6 is 0 Å². The normalized spacial score (nSPS) is 14.7. The van der Waals surface area contributed by atoms with E-state index in [1.807, 2.05) is 19.1 Å². The summed E-state index contributed by atoms with van der Waals surface area (Å²) in [7, 11) is -7.60. The number of rotatable bonds is 9. The standard InChI is InChI=1S/C27H31N3O5S2/c1-2-22-11-15-24(16-12-22)30(37(34,35)25-9-5-3-6-10-25)21-27(31)28-23-13-17-26(18-14-23)36(32,33)29-19-7-4-8-20-29/h3,5-6,9-18H,2,4,7-8,19-21H2,1H3,(H,28,31). The molecule has 0 radical (unpaired) electrons. The van der Waals surface area contributed by atoms with Crippen molar-refractivity contribution in [2.24, 2.45) is 0 Å². The first kappa shape index (κ1) is 26.8. The van der Waals surface area contributed by atoms with Gasteiger partial charge in [-0.05, 0) is 73.4 Å². The van der Waals surface area contributed by atoms with Crippen LogP contribution in [0.25, 0.3) is 0 Å². The lowest BCUT2D eigenvalue weighted by Gasteiger charge is -2.26. The van der Waals surface area contributed by atoms with Gasteiger partial charge >= 0.3 is 0 Å². The highest BCUT2D eigenvalue weighted by Crippen LogP contribution is 2.25. The summed E-state index contributed by atoms with van der Waals surface area (Å²) in [6.45, 7) is 2.57. The van der Waals surface area contributed by atoms with Crippen molar-refractivity contribution >= 4 is 37.3 Å². The van der Waals surface area contributed by atoms with Gasteiger partial charge in [0.15, 0.2) is 0 Å². The molecule has 3 aromatic carbocycles. The highest BCUT2D eigenvalue weighted by Gasteiger charge is 2.28. The summed E-state index contributed by atoms with van der Waals surface area (Å²) in [6.07, 6.45) is 3.51. The molecule has 37 heavy (non-hydrogen) atoms. The van der Waals surface area contributed by atoms with Gasteiger partial charge < -0.3 is 5.32 Å². The van der Waals surface area contributed by atoms with Gasteiger partial charge in [0.25, 0.3) is 10.0 Å². The quantitative estimate of drug-likeness (QED) is 0.436. The van der Waals surface area contributed by atoms with Gasteiger partial charge in [-0.25, -0.2) is 16.8 Å². The van der Waals surface area contributed by atoms with Crippen LogP contribution in [-0.2, 0) is 31.3 Å². The van der Waals surface area contributed by atoms with Gasteiger partial charge in [-0.2, -0.15) is 4.31 Å². The van der Waals surface area contributed by atoms with E-state index in [9.17, 15) is 21.6 Å². The molecule has 4 rings (SSSR count). The van der Waals surface area contributed by atoms with Gasteiger partial charge in [-0.3, -0.25) is 9.10 Å². The molecule has 0 saturated carbocycles. The highest BCUT2D eigenvalue weighted by molar-refractivity contribution is 7.92. The van der Waals surface area contributed by atoms with E-state index in [0.29, 0.717) is 24.5 Å². The van der Waals surface area contributed by atoms with E-state index in [-0.39, 0.29) is 9.79 Å². The SMILES string of the molecule is CCc1ccc(N(CC(=O)Nc2ccc(S(=O)(=O)N3CCCCC3)cc2)S(=O)(=O)c2ccccc2)cc1. The second kappa shape index (κ2) is 11.5. The lowest BCUT2D eigenvalue weighted by molar-refractivity contribution is -0.114. The molecular formula is C27H31N3O5S2. The predicted molar refractivity (Wildman–Crippen MR) is 144 cm³/mol. The number of nitrogens with zero attached hydrogens (tertiary/aromatic N) is 2. The predicted octanol–water partition coefficient (Wildman–Crippen LogP) is 4.26. The van der Waals surface area contributed by atoms with Crippen molar-refractivity contribution < 1.29 is 21.6 Å². The van der Waals surface area contributed by atoms with Crippen LogP contribution in [0.1, 0.15) is 31.7 Å². The molecule has 1 aliphatic rings. The van der Waals surface area contributed by atoms with Gasteiger partial charge in [-0.15, -0.1) is 0 Å². The Bertz CT molecular complexity index is 1420. The Morgan fingerprint density at radius 1 is 0.811 bits per heavy atom. The van der Waals surface area contributed by atoms with Crippen LogP contribution in [0.15, 0.2) is 88.7 Å². The van der Waals surface area contributed by atoms with Crippen LogP contribution in [0.2, 0.25) is 0 Å². The number of anilines is 2. The maximum absolute atomic E-state index is 13.5. The number of carbonyl (C=O) groups is 1. The monoisotopic (exact) mass is 541 g/mol. The maximum Gasteiger partial charge on any atom is 0.264 e. The van der Waals surface area contributed by atoms with E-state index in [0.717, 1.165) is 35.6 Å². The molecule has 0 unspecified atom stereocenters. The highest BCUT2D eigenvalue weighted by atomic mass is 32.2. The third-order valence-corrected chi connectivity index (χ3v) is 10.0. The summed E-state index contributed by atoms with van der Waals surface area (Å²) < 4.78 is 55.2. The zero-order valence-electron chi connectivity index (χ0n) is 20.7. The number of benzene rings is 3. The van der Waals surface area contributed by atoms with Crippen molar-refractivity contribution in [1.29, 1.82) is 0 Å². The molecule has 0 aliphatic carbocycles. The fourth-order valence-corrected chi connectivity index (χ4v) is 7.19. The number of amides is 1. The van der Waals surface area contributed by atoms with E-state index in [1.54, 1.807) is 30.3 Å². The fourth-order valence-electron chi connectivity index (χ4n) is 4.23. The lowest BCUT2D eigenvalue weighted by Crippen LogP contribution is -2.38. The average molecular weight is 542 g/mol. The van der Waals surface area contributed by atoms with E-state index < -0.39 is 32.5 Å². The molecule has 0 spiro atoms. The molecular weight excluding hydrogens is 510 g/mol. The Kier molecular flexibility index (Phi) is 8.31. The fraction of sp³-hybridized carbons (Fsp3) is 0.296. The van der Waals surface area contributed by atoms with E-state index >= 15 is 0 Å². The number of carbonyl (C=O) groups excluding carboxylic acids is 1. The summed E-state index contributed by atoms with van der Waals surface area (Å²) in [5.41, 5.74) is 1.80. The summed E-state index contributed by atoms with van der Waals surface area (Å²) in [4.78, 5) is 13.2. The Morgan fingerprint density at radius 3 is 2.03 bits per heavy atom.